The van der Waals surface area contributed by atoms with E-state index in [9.17, 15) is 9.59 Å². The smallest absolute Gasteiger partial charge is 0.317 e. The van der Waals surface area contributed by atoms with E-state index < -0.39 is 0 Å². The summed E-state index contributed by atoms with van der Waals surface area (Å²) in [4.78, 5) is 27.8. The van der Waals surface area contributed by atoms with Crippen LogP contribution in [-0.4, -0.2) is 54.0 Å². The first-order valence-electron chi connectivity index (χ1n) is 8.57. The van der Waals surface area contributed by atoms with Gasteiger partial charge >= 0.3 is 6.03 Å². The van der Waals surface area contributed by atoms with Gasteiger partial charge in [-0.2, -0.15) is 0 Å². The number of aryl methyl sites for hydroxylation is 1. The highest BCUT2D eigenvalue weighted by molar-refractivity contribution is 5.77. The van der Waals surface area contributed by atoms with Gasteiger partial charge in [0.25, 0.3) is 0 Å². The molecule has 0 saturated carbocycles. The molecule has 0 bridgehead atoms. The van der Waals surface area contributed by atoms with E-state index in [1.165, 1.54) is 11.1 Å². The first kappa shape index (κ1) is 15.8. The lowest BCUT2D eigenvalue weighted by Crippen LogP contribution is -2.55. The molecule has 1 fully saturated rings. The van der Waals surface area contributed by atoms with Gasteiger partial charge < -0.3 is 15.1 Å². The minimum Gasteiger partial charge on any atom is -0.339 e. The molecule has 3 rings (SSSR count). The second-order valence-corrected chi connectivity index (χ2v) is 6.38. The Bertz CT molecular complexity index is 579. The fourth-order valence-corrected chi connectivity index (χ4v) is 3.47. The minimum absolute atomic E-state index is 0.0120. The third-order valence-corrected chi connectivity index (χ3v) is 4.90. The summed E-state index contributed by atoms with van der Waals surface area (Å²) in [6.07, 6.45) is 3.47. The number of nitrogens with zero attached hydrogens (tertiary/aromatic N) is 2. The zero-order chi connectivity index (χ0) is 16.2. The van der Waals surface area contributed by atoms with Gasteiger partial charge in [-0.25, -0.2) is 4.79 Å². The lowest BCUT2D eigenvalue weighted by molar-refractivity contribution is -0.132. The Labute approximate surface area is 137 Å². The average Bonchev–Trinajstić information content (AvgIpc) is 2.61. The molecule has 23 heavy (non-hydrogen) atoms. The summed E-state index contributed by atoms with van der Waals surface area (Å²) in [6, 6.07) is 8.70. The predicted octanol–water partition coefficient (Wildman–Crippen LogP) is 1.81. The molecule has 5 heteroatoms. The number of urea groups is 1. The molecule has 1 N–H and O–H groups in total. The van der Waals surface area contributed by atoms with Crippen LogP contribution in [0.3, 0.4) is 0 Å². The maximum Gasteiger partial charge on any atom is 0.317 e. The summed E-state index contributed by atoms with van der Waals surface area (Å²) in [5.74, 6) is 0.175. The Morgan fingerprint density at radius 3 is 2.43 bits per heavy atom. The monoisotopic (exact) mass is 315 g/mol. The number of nitrogens with one attached hydrogen (secondary N) is 1. The van der Waals surface area contributed by atoms with Crippen LogP contribution < -0.4 is 5.32 Å². The van der Waals surface area contributed by atoms with Gasteiger partial charge in [0.15, 0.2) is 0 Å². The van der Waals surface area contributed by atoms with Crippen molar-refractivity contribution >= 4 is 11.9 Å². The Morgan fingerprint density at radius 1 is 1.09 bits per heavy atom. The highest BCUT2D eigenvalue weighted by Crippen LogP contribution is 2.21. The lowest BCUT2D eigenvalue weighted by Gasteiger charge is -2.36. The SMILES string of the molecule is CCC(=O)N1CCN(C(=O)N[C@@H]2CCc3ccccc3C2)CC1. The van der Waals surface area contributed by atoms with Crippen molar-refractivity contribution in [1.82, 2.24) is 15.1 Å². The van der Waals surface area contributed by atoms with Crippen molar-refractivity contribution in [1.29, 1.82) is 0 Å². The van der Waals surface area contributed by atoms with E-state index in [1.54, 1.807) is 0 Å². The second-order valence-electron chi connectivity index (χ2n) is 6.38. The number of carbonyl (C=O) groups excluding carboxylic acids is 2. The maximum atomic E-state index is 12.4. The normalized spacial score (nSPS) is 20.8. The lowest BCUT2D eigenvalue weighted by atomic mass is 9.88. The fraction of sp³-hybridized carbons (Fsp3) is 0.556. The number of hydrogen-bond donors (Lipinski definition) is 1. The van der Waals surface area contributed by atoms with E-state index >= 15 is 0 Å². The van der Waals surface area contributed by atoms with Crippen molar-refractivity contribution in [3.63, 3.8) is 0 Å². The highest BCUT2D eigenvalue weighted by atomic mass is 16.2. The summed E-state index contributed by atoms with van der Waals surface area (Å²) in [5.41, 5.74) is 2.76. The van der Waals surface area contributed by atoms with Crippen molar-refractivity contribution in [3.8, 4) is 0 Å². The van der Waals surface area contributed by atoms with Crippen LogP contribution in [-0.2, 0) is 17.6 Å². The molecule has 2 aliphatic rings. The standard InChI is InChI=1S/C18H25N3O2/c1-2-17(22)20-9-11-21(12-10-20)18(23)19-16-8-7-14-5-3-4-6-15(14)13-16/h3-6,16H,2,7-13H2,1H3,(H,19,23)/t16-/m1/s1. The number of piperazine rings is 1. The van der Waals surface area contributed by atoms with Crippen LogP contribution in [0, 0.1) is 0 Å². The fourth-order valence-electron chi connectivity index (χ4n) is 3.47. The number of amides is 3. The van der Waals surface area contributed by atoms with Gasteiger partial charge in [-0.05, 0) is 30.4 Å². The first-order valence-corrected chi connectivity index (χ1v) is 8.57. The van der Waals surface area contributed by atoms with E-state index in [4.69, 9.17) is 0 Å². The molecule has 5 nitrogen and oxygen atoms in total. The van der Waals surface area contributed by atoms with Crippen molar-refractivity contribution in [2.45, 2.75) is 38.6 Å². The van der Waals surface area contributed by atoms with Gasteiger partial charge in [-0.1, -0.05) is 31.2 Å². The van der Waals surface area contributed by atoms with Gasteiger partial charge in [-0.3, -0.25) is 4.79 Å². The molecule has 3 amide bonds. The van der Waals surface area contributed by atoms with E-state index in [0.29, 0.717) is 32.6 Å². The topological polar surface area (TPSA) is 52.7 Å². The van der Waals surface area contributed by atoms with Crippen molar-refractivity contribution in [2.75, 3.05) is 26.2 Å². The largest absolute Gasteiger partial charge is 0.339 e. The highest BCUT2D eigenvalue weighted by Gasteiger charge is 2.26. The molecule has 1 aliphatic heterocycles. The first-order chi connectivity index (χ1) is 11.2. The third-order valence-electron chi connectivity index (χ3n) is 4.90. The van der Waals surface area contributed by atoms with Gasteiger partial charge in [0.2, 0.25) is 5.91 Å². The summed E-state index contributed by atoms with van der Waals surface area (Å²) in [5, 5.41) is 3.17. The molecule has 0 spiro atoms. The second kappa shape index (κ2) is 7.02. The van der Waals surface area contributed by atoms with Crippen LogP contribution in [0.4, 0.5) is 4.79 Å². The molecule has 1 aromatic rings. The number of hydrogen-bond acceptors (Lipinski definition) is 2. The zero-order valence-electron chi connectivity index (χ0n) is 13.8. The van der Waals surface area contributed by atoms with Gasteiger partial charge in [0, 0.05) is 38.6 Å². The Kier molecular flexibility index (Phi) is 4.84. The van der Waals surface area contributed by atoms with Gasteiger partial charge in [0.05, 0.1) is 0 Å². The van der Waals surface area contributed by atoms with Crippen molar-refractivity contribution in [2.24, 2.45) is 0 Å². The number of fused-ring (bicyclic) bond motifs is 1. The van der Waals surface area contributed by atoms with Gasteiger partial charge in [0.1, 0.15) is 0 Å². The maximum absolute atomic E-state index is 12.4. The molecule has 124 valence electrons. The summed E-state index contributed by atoms with van der Waals surface area (Å²) in [7, 11) is 0. The molecule has 0 aromatic heterocycles. The van der Waals surface area contributed by atoms with Crippen LogP contribution >= 0.6 is 0 Å². The van der Waals surface area contributed by atoms with Crippen molar-refractivity contribution < 1.29 is 9.59 Å². The predicted molar refractivity (Wildman–Crippen MR) is 89.2 cm³/mol. The summed E-state index contributed by atoms with van der Waals surface area (Å²) in [6.45, 7) is 4.42. The quantitative estimate of drug-likeness (QED) is 0.905. The van der Waals surface area contributed by atoms with E-state index in [1.807, 2.05) is 16.7 Å². The number of carbonyl (C=O) groups is 2. The van der Waals surface area contributed by atoms with Gasteiger partial charge in [-0.15, -0.1) is 0 Å². The van der Waals surface area contributed by atoms with Crippen molar-refractivity contribution in [3.05, 3.63) is 35.4 Å². The van der Waals surface area contributed by atoms with Crippen LogP contribution in [0.1, 0.15) is 30.9 Å². The zero-order valence-corrected chi connectivity index (χ0v) is 13.8. The number of rotatable bonds is 2. The molecule has 1 saturated heterocycles. The van der Waals surface area contributed by atoms with E-state index in [0.717, 1.165) is 19.3 Å². The summed E-state index contributed by atoms with van der Waals surface area (Å²) >= 11 is 0. The number of benzene rings is 1. The Morgan fingerprint density at radius 2 is 1.74 bits per heavy atom. The van der Waals surface area contributed by atoms with E-state index in [-0.39, 0.29) is 18.0 Å². The Hall–Kier alpha value is -2.04. The summed E-state index contributed by atoms with van der Waals surface area (Å²) < 4.78 is 0. The molecule has 1 heterocycles. The van der Waals surface area contributed by atoms with Crippen LogP contribution in [0.25, 0.3) is 0 Å². The molecular formula is C18H25N3O2. The minimum atomic E-state index is 0.0120. The van der Waals surface area contributed by atoms with Crippen LogP contribution in [0.2, 0.25) is 0 Å². The Balaban J connectivity index is 1.50. The van der Waals surface area contributed by atoms with Crippen LogP contribution in [0.15, 0.2) is 24.3 Å². The molecular weight excluding hydrogens is 290 g/mol. The average molecular weight is 315 g/mol. The molecule has 1 aromatic carbocycles. The molecule has 0 unspecified atom stereocenters. The molecule has 1 atom stereocenters. The molecule has 1 aliphatic carbocycles. The van der Waals surface area contributed by atoms with Crippen LogP contribution in [0.5, 0.6) is 0 Å². The van der Waals surface area contributed by atoms with E-state index in [2.05, 4.69) is 29.6 Å². The molecule has 0 radical (unpaired) electrons. The third kappa shape index (κ3) is 3.66.